The van der Waals surface area contributed by atoms with Crippen LogP contribution in [0.4, 0.5) is 0 Å². The number of amides is 1. The Morgan fingerprint density at radius 2 is 2.06 bits per heavy atom. The Balaban J connectivity index is 2.40. The monoisotopic (exact) mass is 238 g/mol. The lowest BCUT2D eigenvalue weighted by atomic mass is 10.2. The number of rotatable bonds is 6. The van der Waals surface area contributed by atoms with Crippen LogP contribution in [0.25, 0.3) is 0 Å². The zero-order valence-corrected chi connectivity index (χ0v) is 9.93. The first-order valence-electron chi connectivity index (χ1n) is 5.43. The number of carbonyl (C=O) groups excluding carboxylic acids is 1. The summed E-state index contributed by atoms with van der Waals surface area (Å²) in [6.45, 7) is 1.34. The van der Waals surface area contributed by atoms with E-state index in [9.17, 15) is 4.79 Å². The summed E-state index contributed by atoms with van der Waals surface area (Å²) in [5.41, 5.74) is 6.21. The van der Waals surface area contributed by atoms with Gasteiger partial charge in [-0.2, -0.15) is 0 Å². The SMILES string of the molecule is CN(Cc1ccc(O)cc1)C(=O)COCCN. The number of phenols is 1. The van der Waals surface area contributed by atoms with E-state index in [1.54, 1.807) is 36.2 Å². The minimum atomic E-state index is -0.0912. The van der Waals surface area contributed by atoms with E-state index in [2.05, 4.69) is 0 Å². The Morgan fingerprint density at radius 3 is 2.65 bits per heavy atom. The van der Waals surface area contributed by atoms with Crippen molar-refractivity contribution in [1.82, 2.24) is 4.90 Å². The Morgan fingerprint density at radius 1 is 1.41 bits per heavy atom. The van der Waals surface area contributed by atoms with E-state index < -0.39 is 0 Å². The van der Waals surface area contributed by atoms with Gasteiger partial charge in [-0.25, -0.2) is 0 Å². The molecule has 5 nitrogen and oxygen atoms in total. The molecule has 0 aromatic heterocycles. The van der Waals surface area contributed by atoms with Crippen molar-refractivity contribution in [3.05, 3.63) is 29.8 Å². The predicted molar refractivity (Wildman–Crippen MR) is 64.5 cm³/mol. The van der Waals surface area contributed by atoms with Gasteiger partial charge in [0.25, 0.3) is 0 Å². The van der Waals surface area contributed by atoms with Gasteiger partial charge in [0.1, 0.15) is 12.4 Å². The highest BCUT2D eigenvalue weighted by Gasteiger charge is 2.08. The number of benzene rings is 1. The first kappa shape index (κ1) is 13.5. The molecule has 0 saturated carbocycles. The lowest BCUT2D eigenvalue weighted by molar-refractivity contribution is -0.135. The molecule has 0 spiro atoms. The van der Waals surface area contributed by atoms with Crippen LogP contribution in [0, 0.1) is 0 Å². The normalized spacial score (nSPS) is 10.2. The summed E-state index contributed by atoms with van der Waals surface area (Å²) in [5, 5.41) is 9.13. The van der Waals surface area contributed by atoms with E-state index in [-0.39, 0.29) is 18.3 Å². The molecular formula is C12H18N2O3. The van der Waals surface area contributed by atoms with Crippen LogP contribution in [-0.2, 0) is 16.1 Å². The molecule has 5 heteroatoms. The van der Waals surface area contributed by atoms with Gasteiger partial charge in [-0.1, -0.05) is 12.1 Å². The molecule has 0 aliphatic heterocycles. The number of nitrogens with two attached hydrogens (primary N) is 1. The van der Waals surface area contributed by atoms with Crippen molar-refractivity contribution in [2.24, 2.45) is 5.73 Å². The molecule has 0 atom stereocenters. The fourth-order valence-electron chi connectivity index (χ4n) is 1.32. The van der Waals surface area contributed by atoms with Gasteiger partial charge in [0.15, 0.2) is 0 Å². The maximum Gasteiger partial charge on any atom is 0.248 e. The van der Waals surface area contributed by atoms with Crippen molar-refractivity contribution >= 4 is 5.91 Å². The quantitative estimate of drug-likeness (QED) is 0.700. The summed E-state index contributed by atoms with van der Waals surface area (Å²) >= 11 is 0. The van der Waals surface area contributed by atoms with Gasteiger partial charge in [0.2, 0.25) is 5.91 Å². The highest BCUT2D eigenvalue weighted by Crippen LogP contribution is 2.11. The summed E-state index contributed by atoms with van der Waals surface area (Å²) < 4.78 is 5.07. The molecular weight excluding hydrogens is 220 g/mol. The fourth-order valence-corrected chi connectivity index (χ4v) is 1.32. The van der Waals surface area contributed by atoms with Crippen LogP contribution in [0.15, 0.2) is 24.3 Å². The molecule has 1 rings (SSSR count). The molecule has 0 unspecified atom stereocenters. The van der Waals surface area contributed by atoms with Crippen LogP contribution < -0.4 is 5.73 Å². The van der Waals surface area contributed by atoms with Crippen molar-refractivity contribution in [1.29, 1.82) is 0 Å². The van der Waals surface area contributed by atoms with Crippen LogP contribution in [0.5, 0.6) is 5.75 Å². The number of likely N-dealkylation sites (N-methyl/N-ethyl adjacent to an activating group) is 1. The molecule has 0 saturated heterocycles. The lowest BCUT2D eigenvalue weighted by Crippen LogP contribution is -2.30. The molecule has 0 aliphatic rings. The molecule has 0 fully saturated rings. The first-order chi connectivity index (χ1) is 8.13. The molecule has 0 bridgehead atoms. The second-order valence-electron chi connectivity index (χ2n) is 3.76. The van der Waals surface area contributed by atoms with Crippen LogP contribution >= 0.6 is 0 Å². The van der Waals surface area contributed by atoms with E-state index in [0.29, 0.717) is 19.7 Å². The number of hydrogen-bond acceptors (Lipinski definition) is 4. The molecule has 3 N–H and O–H groups in total. The Labute approximate surface area is 101 Å². The standard InChI is InChI=1S/C12H18N2O3/c1-14(12(16)9-17-7-6-13)8-10-2-4-11(15)5-3-10/h2-5,15H,6-9,13H2,1H3. The number of phenolic OH excluding ortho intramolecular Hbond substituents is 1. The van der Waals surface area contributed by atoms with E-state index >= 15 is 0 Å². The van der Waals surface area contributed by atoms with Gasteiger partial charge in [-0.05, 0) is 17.7 Å². The van der Waals surface area contributed by atoms with E-state index in [4.69, 9.17) is 15.6 Å². The molecule has 1 aromatic carbocycles. The maximum atomic E-state index is 11.6. The van der Waals surface area contributed by atoms with Gasteiger partial charge >= 0.3 is 0 Å². The van der Waals surface area contributed by atoms with Crippen molar-refractivity contribution in [3.63, 3.8) is 0 Å². The van der Waals surface area contributed by atoms with E-state index in [1.807, 2.05) is 0 Å². The van der Waals surface area contributed by atoms with Crippen LogP contribution in [0.2, 0.25) is 0 Å². The summed E-state index contributed by atoms with van der Waals surface area (Å²) in [4.78, 5) is 13.2. The summed E-state index contributed by atoms with van der Waals surface area (Å²) in [6.07, 6.45) is 0. The number of hydrogen-bond donors (Lipinski definition) is 2. The molecule has 17 heavy (non-hydrogen) atoms. The molecule has 0 radical (unpaired) electrons. The van der Waals surface area contributed by atoms with Gasteiger partial charge < -0.3 is 20.5 Å². The number of carbonyl (C=O) groups is 1. The molecule has 0 heterocycles. The second kappa shape index (κ2) is 6.88. The van der Waals surface area contributed by atoms with Gasteiger partial charge in [0.05, 0.1) is 6.61 Å². The number of ether oxygens (including phenoxy) is 1. The minimum absolute atomic E-state index is 0.0474. The average Bonchev–Trinajstić information content (AvgIpc) is 2.32. The largest absolute Gasteiger partial charge is 0.508 e. The second-order valence-corrected chi connectivity index (χ2v) is 3.76. The highest BCUT2D eigenvalue weighted by molar-refractivity contribution is 5.77. The molecule has 0 aliphatic carbocycles. The Kier molecular flexibility index (Phi) is 5.45. The Bertz CT molecular complexity index is 351. The zero-order chi connectivity index (χ0) is 12.7. The lowest BCUT2D eigenvalue weighted by Gasteiger charge is -2.17. The predicted octanol–water partition coefficient (Wildman–Crippen LogP) is 0.326. The van der Waals surface area contributed by atoms with Crippen LogP contribution in [-0.4, -0.2) is 42.7 Å². The van der Waals surface area contributed by atoms with E-state index in [0.717, 1.165) is 5.56 Å². The van der Waals surface area contributed by atoms with Gasteiger partial charge in [-0.3, -0.25) is 4.79 Å². The van der Waals surface area contributed by atoms with Gasteiger partial charge in [0, 0.05) is 20.1 Å². The highest BCUT2D eigenvalue weighted by atomic mass is 16.5. The van der Waals surface area contributed by atoms with Crippen molar-refractivity contribution in [2.75, 3.05) is 26.8 Å². The maximum absolute atomic E-state index is 11.6. The van der Waals surface area contributed by atoms with Crippen LogP contribution in [0.3, 0.4) is 0 Å². The first-order valence-corrected chi connectivity index (χ1v) is 5.43. The third-order valence-corrected chi connectivity index (χ3v) is 2.27. The van der Waals surface area contributed by atoms with Crippen molar-refractivity contribution < 1.29 is 14.6 Å². The fraction of sp³-hybridized carbons (Fsp3) is 0.417. The van der Waals surface area contributed by atoms with Crippen molar-refractivity contribution in [2.45, 2.75) is 6.54 Å². The molecule has 94 valence electrons. The Hall–Kier alpha value is -1.59. The van der Waals surface area contributed by atoms with Gasteiger partial charge in [-0.15, -0.1) is 0 Å². The zero-order valence-electron chi connectivity index (χ0n) is 9.93. The third-order valence-electron chi connectivity index (χ3n) is 2.27. The summed E-state index contributed by atoms with van der Waals surface area (Å²) in [5.74, 6) is 0.125. The van der Waals surface area contributed by atoms with Crippen LogP contribution in [0.1, 0.15) is 5.56 Å². The molecule has 1 aromatic rings. The average molecular weight is 238 g/mol. The number of aromatic hydroxyl groups is 1. The number of nitrogens with zero attached hydrogens (tertiary/aromatic N) is 1. The van der Waals surface area contributed by atoms with E-state index in [1.165, 1.54) is 0 Å². The smallest absolute Gasteiger partial charge is 0.248 e. The summed E-state index contributed by atoms with van der Waals surface area (Å²) in [6, 6.07) is 6.75. The summed E-state index contributed by atoms with van der Waals surface area (Å²) in [7, 11) is 1.71. The third kappa shape index (κ3) is 4.84. The van der Waals surface area contributed by atoms with Crippen molar-refractivity contribution in [3.8, 4) is 5.75 Å². The topological polar surface area (TPSA) is 75.8 Å². The minimum Gasteiger partial charge on any atom is -0.508 e. The molecule has 1 amide bonds.